The second kappa shape index (κ2) is 6.39. The van der Waals surface area contributed by atoms with E-state index in [4.69, 9.17) is 15.2 Å². The Morgan fingerprint density at radius 1 is 1.32 bits per heavy atom. The lowest BCUT2D eigenvalue weighted by molar-refractivity contribution is 0.0391. The zero-order chi connectivity index (χ0) is 18.2. The van der Waals surface area contributed by atoms with Crippen LogP contribution in [0.2, 0.25) is 0 Å². The predicted octanol–water partition coefficient (Wildman–Crippen LogP) is 4.61. The molecule has 0 aromatic heterocycles. The van der Waals surface area contributed by atoms with Crippen LogP contribution in [0, 0.1) is 11.2 Å². The molecule has 0 aliphatic heterocycles. The Morgan fingerprint density at radius 2 is 2.08 bits per heavy atom. The lowest BCUT2D eigenvalue weighted by Gasteiger charge is -2.26. The van der Waals surface area contributed by atoms with E-state index in [1.807, 2.05) is 51.1 Å². The second-order valence-electron chi connectivity index (χ2n) is 6.97. The number of fused-ring (bicyclic) bond motifs is 1. The van der Waals surface area contributed by atoms with Gasteiger partial charge in [-0.1, -0.05) is 26.0 Å². The van der Waals surface area contributed by atoms with E-state index in [0.29, 0.717) is 29.9 Å². The van der Waals surface area contributed by atoms with Crippen LogP contribution < -0.4 is 10.5 Å². The summed E-state index contributed by atoms with van der Waals surface area (Å²) in [5, 5.41) is 0. The maximum absolute atomic E-state index is 14.8. The van der Waals surface area contributed by atoms with E-state index >= 15 is 0 Å². The summed E-state index contributed by atoms with van der Waals surface area (Å²) in [5.74, 6) is 0.346. The number of primary amides is 1. The van der Waals surface area contributed by atoms with Gasteiger partial charge >= 0.3 is 6.09 Å². The fraction of sp³-hybridized carbons (Fsp3) is 0.350. The van der Waals surface area contributed by atoms with E-state index in [9.17, 15) is 9.18 Å². The Hall–Kier alpha value is -2.56. The Labute approximate surface area is 146 Å². The van der Waals surface area contributed by atoms with E-state index in [1.54, 1.807) is 0 Å². The van der Waals surface area contributed by atoms with Gasteiger partial charge < -0.3 is 15.2 Å². The van der Waals surface area contributed by atoms with Gasteiger partial charge in [-0.2, -0.15) is 0 Å². The van der Waals surface area contributed by atoms with E-state index in [1.165, 1.54) is 6.07 Å². The molecule has 0 spiro atoms. The summed E-state index contributed by atoms with van der Waals surface area (Å²) in [6.07, 6.45) is -0.711. The first-order valence-corrected chi connectivity index (χ1v) is 8.33. The Morgan fingerprint density at radius 3 is 2.76 bits per heavy atom. The summed E-state index contributed by atoms with van der Waals surface area (Å²) in [6, 6.07) is 10.7. The zero-order valence-corrected chi connectivity index (χ0v) is 14.6. The van der Waals surface area contributed by atoms with Crippen LogP contribution in [0.5, 0.6) is 5.75 Å². The second-order valence-corrected chi connectivity index (χ2v) is 6.97. The van der Waals surface area contributed by atoms with Crippen molar-refractivity contribution in [3.63, 3.8) is 0 Å². The summed E-state index contributed by atoms with van der Waals surface area (Å²) in [7, 11) is 0. The van der Waals surface area contributed by atoms with Gasteiger partial charge in [-0.05, 0) is 54.3 Å². The molecule has 0 saturated carbocycles. The molecular weight excluding hydrogens is 321 g/mol. The Balaban J connectivity index is 2.04. The number of carbonyl (C=O) groups excluding carboxylic acids is 1. The van der Waals surface area contributed by atoms with Crippen LogP contribution in [0.15, 0.2) is 36.4 Å². The third-order valence-electron chi connectivity index (χ3n) is 4.56. The highest BCUT2D eigenvalue weighted by molar-refractivity contribution is 5.69. The Kier molecular flexibility index (Phi) is 4.41. The van der Waals surface area contributed by atoms with Crippen molar-refractivity contribution in [1.29, 1.82) is 0 Å². The van der Waals surface area contributed by atoms with E-state index < -0.39 is 12.2 Å². The van der Waals surface area contributed by atoms with Crippen LogP contribution in [0.25, 0.3) is 11.1 Å². The SMILES string of the molecule is CCOc1cccc(-c2cc3c(cc2F)C(OC(N)=O)C(C)(C)C3)c1. The zero-order valence-electron chi connectivity index (χ0n) is 14.6. The molecule has 0 radical (unpaired) electrons. The molecule has 1 unspecified atom stereocenters. The van der Waals surface area contributed by atoms with Gasteiger partial charge in [0.2, 0.25) is 0 Å². The third kappa shape index (κ3) is 3.31. The van der Waals surface area contributed by atoms with Crippen molar-refractivity contribution in [3.8, 4) is 16.9 Å². The van der Waals surface area contributed by atoms with Crippen molar-refractivity contribution < 1.29 is 18.7 Å². The molecule has 1 amide bonds. The molecule has 0 fully saturated rings. The quantitative estimate of drug-likeness (QED) is 0.882. The molecule has 25 heavy (non-hydrogen) atoms. The van der Waals surface area contributed by atoms with E-state index in [0.717, 1.165) is 11.1 Å². The largest absolute Gasteiger partial charge is 0.494 e. The molecule has 3 rings (SSSR count). The number of ether oxygens (including phenoxy) is 2. The first-order chi connectivity index (χ1) is 11.8. The number of halogens is 1. The van der Waals surface area contributed by atoms with Crippen LogP contribution in [-0.2, 0) is 11.2 Å². The molecule has 0 heterocycles. The number of benzene rings is 2. The fourth-order valence-corrected chi connectivity index (χ4v) is 3.52. The number of nitrogens with two attached hydrogens (primary N) is 1. The van der Waals surface area contributed by atoms with Gasteiger partial charge in [0.05, 0.1) is 6.61 Å². The van der Waals surface area contributed by atoms with Crippen molar-refractivity contribution in [2.24, 2.45) is 11.1 Å². The van der Waals surface area contributed by atoms with Crippen molar-refractivity contribution in [1.82, 2.24) is 0 Å². The van der Waals surface area contributed by atoms with Crippen molar-refractivity contribution in [2.45, 2.75) is 33.3 Å². The summed E-state index contributed by atoms with van der Waals surface area (Å²) in [6.45, 7) is 6.42. The fourth-order valence-electron chi connectivity index (χ4n) is 3.52. The normalized spacial score (nSPS) is 17.8. The van der Waals surface area contributed by atoms with Crippen LogP contribution >= 0.6 is 0 Å². The minimum atomic E-state index is -0.847. The molecule has 1 aliphatic rings. The molecular formula is C20H22FNO3. The highest BCUT2D eigenvalue weighted by Gasteiger charge is 2.42. The number of hydrogen-bond donors (Lipinski definition) is 1. The lowest BCUT2D eigenvalue weighted by atomic mass is 9.87. The summed E-state index contributed by atoms with van der Waals surface area (Å²) in [5.41, 5.74) is 7.76. The van der Waals surface area contributed by atoms with Crippen LogP contribution in [0.4, 0.5) is 9.18 Å². The van der Waals surface area contributed by atoms with Crippen molar-refractivity contribution in [3.05, 3.63) is 53.3 Å². The van der Waals surface area contributed by atoms with Crippen molar-refractivity contribution in [2.75, 3.05) is 6.61 Å². The highest BCUT2D eigenvalue weighted by atomic mass is 19.1. The van der Waals surface area contributed by atoms with Gasteiger partial charge in [-0.25, -0.2) is 9.18 Å². The third-order valence-corrected chi connectivity index (χ3v) is 4.56. The first-order valence-electron chi connectivity index (χ1n) is 8.33. The smallest absolute Gasteiger partial charge is 0.405 e. The lowest BCUT2D eigenvalue weighted by Crippen LogP contribution is -2.25. The van der Waals surface area contributed by atoms with E-state index in [-0.39, 0.29) is 11.2 Å². The number of amides is 1. The molecule has 132 valence electrons. The standard InChI is InChI=1S/C20H22FNO3/c1-4-24-14-7-5-6-12(8-14)15-9-13-11-20(2,3)18(25-19(22)23)16(13)10-17(15)21/h5-10,18H,4,11H2,1-3H3,(H2,22,23). The van der Waals surface area contributed by atoms with E-state index in [2.05, 4.69) is 0 Å². The molecule has 2 aromatic carbocycles. The van der Waals surface area contributed by atoms with Gasteiger partial charge in [0.25, 0.3) is 0 Å². The minimum absolute atomic E-state index is 0.338. The number of carbonyl (C=O) groups is 1. The van der Waals surface area contributed by atoms with Gasteiger partial charge in [0, 0.05) is 11.0 Å². The Bertz CT molecular complexity index is 817. The average Bonchev–Trinajstić information content (AvgIpc) is 2.77. The molecule has 2 aromatic rings. The predicted molar refractivity (Wildman–Crippen MR) is 93.9 cm³/mol. The molecule has 4 nitrogen and oxygen atoms in total. The average molecular weight is 343 g/mol. The number of rotatable bonds is 4. The first kappa shape index (κ1) is 17.3. The maximum Gasteiger partial charge on any atom is 0.405 e. The van der Waals surface area contributed by atoms with Crippen molar-refractivity contribution >= 4 is 6.09 Å². The molecule has 1 aliphatic carbocycles. The highest BCUT2D eigenvalue weighted by Crippen LogP contribution is 2.48. The summed E-state index contributed by atoms with van der Waals surface area (Å²) < 4.78 is 25.6. The molecule has 2 N–H and O–H groups in total. The number of hydrogen-bond acceptors (Lipinski definition) is 3. The van der Waals surface area contributed by atoms with Gasteiger partial charge in [-0.15, -0.1) is 0 Å². The monoisotopic (exact) mass is 343 g/mol. The van der Waals surface area contributed by atoms with Crippen LogP contribution in [-0.4, -0.2) is 12.7 Å². The molecule has 1 atom stereocenters. The summed E-state index contributed by atoms with van der Waals surface area (Å²) in [4.78, 5) is 11.2. The molecule has 0 bridgehead atoms. The topological polar surface area (TPSA) is 61.6 Å². The molecule has 5 heteroatoms. The van der Waals surface area contributed by atoms with Gasteiger partial charge in [-0.3, -0.25) is 0 Å². The van der Waals surface area contributed by atoms with Crippen LogP contribution in [0.1, 0.15) is 38.0 Å². The van der Waals surface area contributed by atoms with Gasteiger partial charge in [0.1, 0.15) is 17.7 Å². The maximum atomic E-state index is 14.8. The minimum Gasteiger partial charge on any atom is -0.494 e. The summed E-state index contributed by atoms with van der Waals surface area (Å²) >= 11 is 0. The molecule has 0 saturated heterocycles. The van der Waals surface area contributed by atoms with Crippen LogP contribution in [0.3, 0.4) is 0 Å². The van der Waals surface area contributed by atoms with Gasteiger partial charge in [0.15, 0.2) is 0 Å².